The smallest absolute Gasteiger partial charge is 0.314 e. The number of hydrogen-bond donors (Lipinski definition) is 0. The molecule has 0 aromatic heterocycles. The quantitative estimate of drug-likeness (QED) is 0.268. The Balaban J connectivity index is 1.08. The van der Waals surface area contributed by atoms with E-state index >= 15 is 0 Å². The number of benzene rings is 3. The van der Waals surface area contributed by atoms with Crippen molar-refractivity contribution in [2.24, 2.45) is 11.8 Å². The van der Waals surface area contributed by atoms with E-state index in [2.05, 4.69) is 54.6 Å². The van der Waals surface area contributed by atoms with Gasteiger partial charge in [0.25, 0.3) is 0 Å². The minimum atomic E-state index is -0.327. The zero-order valence-electron chi connectivity index (χ0n) is 20.4. The average Bonchev–Trinajstić information content (AvgIpc) is 2.91. The maximum absolute atomic E-state index is 13.1. The maximum Gasteiger partial charge on any atom is 0.314 e. The molecule has 0 heterocycles. The van der Waals surface area contributed by atoms with Crippen molar-refractivity contribution in [1.82, 2.24) is 0 Å². The Kier molecular flexibility index (Phi) is 7.61. The van der Waals surface area contributed by atoms with Crippen LogP contribution >= 0.6 is 0 Å². The van der Waals surface area contributed by atoms with Crippen LogP contribution in [0.15, 0.2) is 78.9 Å². The molecule has 0 radical (unpaired) electrons. The highest BCUT2D eigenvalue weighted by atomic mass is 19.1. The van der Waals surface area contributed by atoms with Crippen LogP contribution in [0.2, 0.25) is 0 Å². The molecule has 0 spiro atoms. The maximum atomic E-state index is 13.1. The fourth-order valence-corrected chi connectivity index (χ4v) is 6.05. The summed E-state index contributed by atoms with van der Waals surface area (Å²) in [5.74, 6) is 1.86. The second-order valence-electron chi connectivity index (χ2n) is 10.5. The lowest BCUT2D eigenvalue weighted by Gasteiger charge is -2.30. The number of carbonyl (C=O) groups is 1. The molecule has 3 aromatic rings. The first-order valence-corrected chi connectivity index (χ1v) is 13.2. The second kappa shape index (κ2) is 11.2. The van der Waals surface area contributed by atoms with E-state index in [-0.39, 0.29) is 17.7 Å². The highest BCUT2D eigenvalue weighted by molar-refractivity contribution is 5.75. The van der Waals surface area contributed by atoms with Gasteiger partial charge in [-0.1, -0.05) is 54.6 Å². The lowest BCUT2D eigenvalue weighted by atomic mass is 9.75. The molecule has 3 heteroatoms. The van der Waals surface area contributed by atoms with Gasteiger partial charge in [0.2, 0.25) is 0 Å². The molecule has 2 saturated carbocycles. The number of halogens is 1. The fourth-order valence-electron chi connectivity index (χ4n) is 6.05. The first kappa shape index (κ1) is 23.8. The minimum absolute atomic E-state index is 0.0679. The first-order valence-electron chi connectivity index (χ1n) is 13.2. The summed E-state index contributed by atoms with van der Waals surface area (Å²) in [6.45, 7) is 0. The normalized spacial score (nSPS) is 24.6. The predicted molar refractivity (Wildman–Crippen MR) is 138 cm³/mol. The Bertz CT molecular complexity index is 1070. The van der Waals surface area contributed by atoms with Crippen molar-refractivity contribution in [2.75, 3.05) is 0 Å². The lowest BCUT2D eigenvalue weighted by Crippen LogP contribution is -2.25. The van der Waals surface area contributed by atoms with Gasteiger partial charge in [-0.2, -0.15) is 0 Å². The summed E-state index contributed by atoms with van der Waals surface area (Å²) in [5, 5.41) is 0. The van der Waals surface area contributed by atoms with Gasteiger partial charge in [-0.15, -0.1) is 0 Å². The van der Waals surface area contributed by atoms with E-state index in [0.717, 1.165) is 31.6 Å². The van der Waals surface area contributed by atoms with Crippen LogP contribution in [0, 0.1) is 17.7 Å². The highest BCUT2D eigenvalue weighted by Gasteiger charge is 2.29. The molecular weight excluding hydrogens is 435 g/mol. The summed E-state index contributed by atoms with van der Waals surface area (Å²) in [6, 6.07) is 25.9. The third-order valence-electron chi connectivity index (χ3n) is 8.19. The van der Waals surface area contributed by atoms with Crippen LogP contribution in [0.25, 0.3) is 0 Å². The second-order valence-corrected chi connectivity index (χ2v) is 10.5. The molecule has 0 amide bonds. The topological polar surface area (TPSA) is 26.3 Å². The molecule has 0 N–H and O–H groups in total. The van der Waals surface area contributed by atoms with Crippen molar-refractivity contribution in [3.05, 3.63) is 101 Å². The van der Waals surface area contributed by atoms with Crippen LogP contribution in [-0.2, 0) is 11.2 Å². The van der Waals surface area contributed by atoms with E-state index in [1.165, 1.54) is 73.1 Å². The van der Waals surface area contributed by atoms with Crippen molar-refractivity contribution in [1.29, 1.82) is 0 Å². The third kappa shape index (κ3) is 6.20. The monoisotopic (exact) mass is 470 g/mol. The Morgan fingerprint density at radius 3 is 1.80 bits per heavy atom. The summed E-state index contributed by atoms with van der Waals surface area (Å²) < 4.78 is 18.5. The summed E-state index contributed by atoms with van der Waals surface area (Å²) >= 11 is 0. The van der Waals surface area contributed by atoms with Crippen molar-refractivity contribution < 1.29 is 13.9 Å². The van der Waals surface area contributed by atoms with Crippen LogP contribution in [0.4, 0.5) is 4.39 Å². The van der Waals surface area contributed by atoms with E-state index in [1.54, 1.807) is 0 Å². The molecule has 0 unspecified atom stereocenters. The van der Waals surface area contributed by atoms with Crippen LogP contribution in [-0.4, -0.2) is 5.97 Å². The lowest BCUT2D eigenvalue weighted by molar-refractivity contribution is -0.140. The number of carbonyl (C=O) groups excluding carboxylic acids is 1. The van der Waals surface area contributed by atoms with Crippen molar-refractivity contribution in [3.63, 3.8) is 0 Å². The Hall–Kier alpha value is -2.94. The van der Waals surface area contributed by atoms with Gasteiger partial charge in [0.05, 0.1) is 5.92 Å². The Morgan fingerprint density at radius 1 is 0.686 bits per heavy atom. The number of ether oxygens (including phenoxy) is 1. The minimum Gasteiger partial charge on any atom is -0.426 e. The predicted octanol–water partition coefficient (Wildman–Crippen LogP) is 8.22. The molecule has 182 valence electrons. The molecule has 35 heavy (non-hydrogen) atoms. The number of hydrogen-bond acceptors (Lipinski definition) is 2. The molecule has 0 atom stereocenters. The van der Waals surface area contributed by atoms with E-state index in [4.69, 9.17) is 4.74 Å². The standard InChI is InChI=1S/C32H35FO2/c33-30-18-20-31(21-19-30)35-32(34)29-16-14-28(15-17-29)27-12-10-26(11-13-27)25-8-6-24(7-9-25)22-23-4-2-1-3-5-23/h1-5,10-13,18-21,24-25,28-29H,6-9,14-17,22H2/t24-,25-,28-,29-. The van der Waals surface area contributed by atoms with Crippen LogP contribution in [0.1, 0.15) is 79.9 Å². The molecule has 0 aliphatic heterocycles. The molecule has 2 nitrogen and oxygen atoms in total. The highest BCUT2D eigenvalue weighted by Crippen LogP contribution is 2.40. The van der Waals surface area contributed by atoms with Gasteiger partial charge in [-0.25, -0.2) is 4.39 Å². The summed E-state index contributed by atoms with van der Waals surface area (Å²) in [7, 11) is 0. The number of esters is 1. The fraction of sp³-hybridized carbons (Fsp3) is 0.406. The zero-order chi connectivity index (χ0) is 24.0. The largest absolute Gasteiger partial charge is 0.426 e. The van der Waals surface area contributed by atoms with E-state index < -0.39 is 0 Å². The zero-order valence-corrected chi connectivity index (χ0v) is 20.4. The summed E-state index contributed by atoms with van der Waals surface area (Å²) in [5.41, 5.74) is 4.36. The van der Waals surface area contributed by atoms with E-state index in [1.807, 2.05) is 0 Å². The van der Waals surface area contributed by atoms with E-state index in [9.17, 15) is 9.18 Å². The number of rotatable bonds is 6. The SMILES string of the molecule is O=C(Oc1ccc(F)cc1)[C@H]1CC[C@H](c2ccc([C@H]3CC[C@H](Cc4ccccc4)CC3)cc2)CC1. The van der Waals surface area contributed by atoms with Gasteiger partial charge in [0, 0.05) is 0 Å². The van der Waals surface area contributed by atoms with Gasteiger partial charge in [-0.05, 0) is 116 Å². The van der Waals surface area contributed by atoms with Gasteiger partial charge < -0.3 is 4.74 Å². The van der Waals surface area contributed by atoms with Crippen LogP contribution < -0.4 is 4.74 Å². The van der Waals surface area contributed by atoms with E-state index in [0.29, 0.717) is 17.6 Å². The molecule has 2 fully saturated rings. The van der Waals surface area contributed by atoms with Crippen LogP contribution in [0.5, 0.6) is 5.75 Å². The summed E-state index contributed by atoms with van der Waals surface area (Å²) in [4.78, 5) is 12.5. The average molecular weight is 471 g/mol. The Labute approximate surface area is 208 Å². The van der Waals surface area contributed by atoms with Crippen molar-refractivity contribution in [3.8, 4) is 5.75 Å². The molecule has 0 bridgehead atoms. The van der Waals surface area contributed by atoms with Gasteiger partial charge in [-0.3, -0.25) is 4.79 Å². The van der Waals surface area contributed by atoms with Crippen molar-refractivity contribution in [2.45, 2.75) is 69.6 Å². The van der Waals surface area contributed by atoms with Crippen molar-refractivity contribution >= 4 is 5.97 Å². The Morgan fingerprint density at radius 2 is 1.23 bits per heavy atom. The molecule has 5 rings (SSSR count). The molecule has 0 saturated heterocycles. The molecule has 3 aromatic carbocycles. The van der Waals surface area contributed by atoms with Gasteiger partial charge >= 0.3 is 5.97 Å². The molecular formula is C32H35FO2. The third-order valence-corrected chi connectivity index (χ3v) is 8.19. The van der Waals surface area contributed by atoms with Gasteiger partial charge in [0.1, 0.15) is 11.6 Å². The summed E-state index contributed by atoms with van der Waals surface area (Å²) in [6.07, 6.45) is 10.1. The first-order chi connectivity index (χ1) is 17.1. The molecule has 2 aliphatic carbocycles. The van der Waals surface area contributed by atoms with Crippen LogP contribution in [0.3, 0.4) is 0 Å². The van der Waals surface area contributed by atoms with Gasteiger partial charge in [0.15, 0.2) is 0 Å². The molecule has 2 aliphatic rings.